The molecule has 0 aromatic heterocycles. The SMILES string of the molecule is C[C@@H]1CC2=C(C(=O)c3c(O)cc4c(c3C2=O)O[C@@H]2c3cc(O)cc(O)c3C(=O)[C@@H]3[C@H](C)O[C@H](C)[C@@H](O)[C@]23O4)[C@@H](C)O1. The molecule has 1 saturated heterocycles. The number of phenolic OH excluding ortho intramolecular Hbond substituents is 3. The van der Waals surface area contributed by atoms with E-state index in [1.165, 1.54) is 6.07 Å². The van der Waals surface area contributed by atoms with Crippen LogP contribution in [0.1, 0.15) is 76.9 Å². The predicted octanol–water partition coefficient (Wildman–Crippen LogP) is 2.91. The predicted molar refractivity (Wildman–Crippen MR) is 139 cm³/mol. The number of aromatic hydroxyl groups is 3. The van der Waals surface area contributed by atoms with E-state index in [1.54, 1.807) is 27.7 Å². The largest absolute Gasteiger partial charge is 0.508 e. The number of hydrogen-bond donors (Lipinski definition) is 4. The van der Waals surface area contributed by atoms with Crippen molar-refractivity contribution in [2.45, 2.75) is 76.3 Å². The van der Waals surface area contributed by atoms with E-state index in [1.807, 2.05) is 0 Å². The number of carbonyl (C=O) groups excluding carboxylic acids is 3. The molecular formula is C30H28O11. The lowest BCUT2D eigenvalue weighted by Gasteiger charge is -2.58. The van der Waals surface area contributed by atoms with E-state index in [4.69, 9.17) is 18.9 Å². The quantitative estimate of drug-likeness (QED) is 0.371. The van der Waals surface area contributed by atoms with Crippen LogP contribution in [0.25, 0.3) is 0 Å². The zero-order valence-corrected chi connectivity index (χ0v) is 22.6. The normalized spacial score (nSPS) is 35.2. The molecule has 3 heterocycles. The van der Waals surface area contributed by atoms with Gasteiger partial charge in [-0.05, 0) is 33.8 Å². The number of benzene rings is 2. The Morgan fingerprint density at radius 2 is 1.56 bits per heavy atom. The molecule has 1 spiro atoms. The number of Topliss-reactive ketones (excluding diaryl/α,β-unsaturated/α-hetero) is 3. The first-order chi connectivity index (χ1) is 19.4. The van der Waals surface area contributed by atoms with Crippen molar-refractivity contribution < 1.29 is 53.8 Å². The maximum atomic E-state index is 14.0. The first-order valence-electron chi connectivity index (χ1n) is 13.5. The molecule has 0 radical (unpaired) electrons. The number of ketones is 3. The topological polar surface area (TPSA) is 169 Å². The molecule has 2 aromatic rings. The number of rotatable bonds is 0. The molecule has 3 aliphatic heterocycles. The van der Waals surface area contributed by atoms with Gasteiger partial charge in [0.2, 0.25) is 0 Å². The highest BCUT2D eigenvalue weighted by molar-refractivity contribution is 6.29. The van der Waals surface area contributed by atoms with Crippen LogP contribution >= 0.6 is 0 Å². The first kappa shape index (κ1) is 26.0. The number of fused-ring (bicyclic) bond motifs is 5. The van der Waals surface area contributed by atoms with Gasteiger partial charge in [-0.3, -0.25) is 14.4 Å². The van der Waals surface area contributed by atoms with E-state index in [0.717, 1.165) is 12.1 Å². The monoisotopic (exact) mass is 564 g/mol. The van der Waals surface area contributed by atoms with Crippen molar-refractivity contribution in [3.63, 3.8) is 0 Å². The fraction of sp³-hybridized carbons (Fsp3) is 0.433. The second-order valence-electron chi connectivity index (χ2n) is 11.5. The highest BCUT2D eigenvalue weighted by Gasteiger charge is 2.69. The van der Waals surface area contributed by atoms with Crippen LogP contribution in [-0.4, -0.2) is 73.9 Å². The molecule has 0 saturated carbocycles. The minimum absolute atomic E-state index is 0.0411. The van der Waals surface area contributed by atoms with Gasteiger partial charge in [0.15, 0.2) is 40.6 Å². The summed E-state index contributed by atoms with van der Waals surface area (Å²) in [6.07, 6.45) is -5.24. The Morgan fingerprint density at radius 3 is 2.29 bits per heavy atom. The molecule has 0 amide bonds. The van der Waals surface area contributed by atoms with Crippen LogP contribution in [0.3, 0.4) is 0 Å². The number of ether oxygens (including phenoxy) is 4. The van der Waals surface area contributed by atoms with Crippen LogP contribution in [0.2, 0.25) is 0 Å². The Labute approximate surface area is 233 Å². The summed E-state index contributed by atoms with van der Waals surface area (Å²) in [6, 6.07) is 3.41. The third-order valence-electron chi connectivity index (χ3n) is 9.03. The lowest BCUT2D eigenvalue weighted by molar-refractivity contribution is -0.257. The fourth-order valence-electron chi connectivity index (χ4n) is 7.49. The Kier molecular flexibility index (Phi) is 5.27. The Morgan fingerprint density at radius 1 is 0.854 bits per heavy atom. The number of aliphatic hydroxyl groups excluding tert-OH is 1. The van der Waals surface area contributed by atoms with Gasteiger partial charge in [-0.25, -0.2) is 0 Å². The molecule has 0 bridgehead atoms. The van der Waals surface area contributed by atoms with Crippen molar-refractivity contribution in [3.05, 3.63) is 51.6 Å². The van der Waals surface area contributed by atoms with Crippen LogP contribution in [0.4, 0.5) is 0 Å². The third-order valence-corrected chi connectivity index (χ3v) is 9.03. The molecule has 1 fully saturated rings. The molecule has 41 heavy (non-hydrogen) atoms. The average molecular weight is 565 g/mol. The highest BCUT2D eigenvalue weighted by Crippen LogP contribution is 2.60. The highest BCUT2D eigenvalue weighted by atomic mass is 16.6. The van der Waals surface area contributed by atoms with Crippen LogP contribution in [0.5, 0.6) is 28.7 Å². The summed E-state index contributed by atoms with van der Waals surface area (Å²) in [7, 11) is 0. The molecule has 7 rings (SSSR count). The van der Waals surface area contributed by atoms with Crippen molar-refractivity contribution in [3.8, 4) is 28.7 Å². The third kappa shape index (κ3) is 3.16. The molecule has 0 unspecified atom stereocenters. The molecule has 2 aliphatic carbocycles. The summed E-state index contributed by atoms with van der Waals surface area (Å²) >= 11 is 0. The Bertz CT molecular complexity index is 1620. The molecule has 8 atom stereocenters. The zero-order valence-electron chi connectivity index (χ0n) is 22.6. The van der Waals surface area contributed by atoms with Crippen LogP contribution in [-0.2, 0) is 9.47 Å². The maximum Gasteiger partial charge on any atom is 0.196 e. The minimum Gasteiger partial charge on any atom is -0.508 e. The summed E-state index contributed by atoms with van der Waals surface area (Å²) in [6.45, 7) is 6.71. The van der Waals surface area contributed by atoms with E-state index >= 15 is 0 Å². The second kappa shape index (κ2) is 8.31. The van der Waals surface area contributed by atoms with E-state index in [9.17, 15) is 34.8 Å². The van der Waals surface area contributed by atoms with Gasteiger partial charge in [0.1, 0.15) is 23.4 Å². The molecular weight excluding hydrogens is 536 g/mol. The van der Waals surface area contributed by atoms with Gasteiger partial charge in [-0.15, -0.1) is 0 Å². The summed E-state index contributed by atoms with van der Waals surface area (Å²) in [5.41, 5.74) is -1.94. The molecule has 4 N–H and O–H groups in total. The van der Waals surface area contributed by atoms with Crippen LogP contribution in [0.15, 0.2) is 29.3 Å². The van der Waals surface area contributed by atoms with Crippen LogP contribution in [0, 0.1) is 5.92 Å². The van der Waals surface area contributed by atoms with Crippen molar-refractivity contribution in [2.75, 3.05) is 0 Å². The summed E-state index contributed by atoms with van der Waals surface area (Å²) in [4.78, 5) is 41.6. The second-order valence-corrected chi connectivity index (χ2v) is 11.5. The summed E-state index contributed by atoms with van der Waals surface area (Å²) in [5.74, 6) is -4.54. The molecule has 11 nitrogen and oxygen atoms in total. The van der Waals surface area contributed by atoms with Gasteiger partial charge in [0, 0.05) is 35.3 Å². The van der Waals surface area contributed by atoms with Crippen molar-refractivity contribution >= 4 is 17.3 Å². The van der Waals surface area contributed by atoms with Gasteiger partial charge in [0.05, 0.1) is 47.0 Å². The Balaban J connectivity index is 1.50. The molecule has 5 aliphatic rings. The zero-order chi connectivity index (χ0) is 29.3. The number of hydrogen-bond acceptors (Lipinski definition) is 11. The molecule has 2 aromatic carbocycles. The average Bonchev–Trinajstić information content (AvgIpc) is 2.88. The minimum atomic E-state index is -1.83. The number of phenols is 3. The van der Waals surface area contributed by atoms with Gasteiger partial charge >= 0.3 is 0 Å². The summed E-state index contributed by atoms with van der Waals surface area (Å²) < 4.78 is 24.7. The summed E-state index contributed by atoms with van der Waals surface area (Å²) in [5, 5.41) is 43.8. The van der Waals surface area contributed by atoms with E-state index in [-0.39, 0.29) is 63.2 Å². The Hall–Kier alpha value is -3.93. The van der Waals surface area contributed by atoms with Crippen LogP contribution < -0.4 is 9.47 Å². The molecule has 11 heteroatoms. The van der Waals surface area contributed by atoms with E-state index in [2.05, 4.69) is 0 Å². The van der Waals surface area contributed by atoms with Crippen molar-refractivity contribution in [1.29, 1.82) is 0 Å². The smallest absolute Gasteiger partial charge is 0.196 e. The number of carbonyl (C=O) groups is 3. The first-order valence-corrected chi connectivity index (χ1v) is 13.5. The van der Waals surface area contributed by atoms with Crippen molar-refractivity contribution in [2.24, 2.45) is 5.92 Å². The lowest BCUT2D eigenvalue weighted by atomic mass is 9.62. The number of aliphatic hydroxyl groups is 1. The standard InChI is InChI=1S/C30H28O11/c1-9-5-14-19(10(2)38-9)25(35)21-17(33)8-18-27(22(21)24(14)34)40-29-15-6-13(31)7-16(32)20(15)26(36)23-11(3)39-12(4)28(37)30(23,29)41-18/h6-12,23,28-29,31-33,37H,5H2,1-4H3/t9-,10-,11+,12-,23+,28-,29-,30+/m1/s1. The van der Waals surface area contributed by atoms with Gasteiger partial charge < -0.3 is 39.4 Å². The van der Waals surface area contributed by atoms with Gasteiger partial charge in [-0.2, -0.15) is 0 Å². The van der Waals surface area contributed by atoms with E-state index < -0.39 is 70.9 Å². The van der Waals surface area contributed by atoms with E-state index in [0.29, 0.717) is 0 Å². The van der Waals surface area contributed by atoms with Gasteiger partial charge in [0.25, 0.3) is 0 Å². The van der Waals surface area contributed by atoms with Gasteiger partial charge in [-0.1, -0.05) is 0 Å². The lowest BCUT2D eigenvalue weighted by Crippen LogP contribution is -2.72. The fourth-order valence-corrected chi connectivity index (χ4v) is 7.49. The van der Waals surface area contributed by atoms with Crippen molar-refractivity contribution in [1.82, 2.24) is 0 Å². The molecule has 214 valence electrons. The maximum absolute atomic E-state index is 14.0.